The molecule has 0 unspecified atom stereocenters. The number of rotatable bonds is 22. The van der Waals surface area contributed by atoms with E-state index in [0.29, 0.717) is 6.61 Å². The van der Waals surface area contributed by atoms with Crippen molar-refractivity contribution < 1.29 is 52.2 Å². The molecule has 1 amide bonds. The topological polar surface area (TPSA) is 129 Å². The molecule has 65 heavy (non-hydrogen) atoms. The standard InChI is InChI=1S/C53H61NO11/c1-37(55)54-48-45(29-44-46(36-59-38(2)56)65-53(57-3)52(63-34-43-27-17-8-18-28-43)49(44)60-31-40-21-11-5-12-22-40)64-47(35-58-30-39-19-9-4-10-20-39)50(61-32-41-23-13-6-14-24-41)51(48)62-33-42-25-15-7-16-26-42/h4-28,44-53H,29-36H2,1-3H3,(H,54,55)/t44-,45-,46-,47-,48+,49+,50+,51-,52-,53+/m1/s1. The molecule has 0 spiro atoms. The van der Waals surface area contributed by atoms with Crippen LogP contribution in [0.25, 0.3) is 0 Å². The van der Waals surface area contributed by atoms with Crippen molar-refractivity contribution in [1.29, 1.82) is 0 Å². The van der Waals surface area contributed by atoms with Crippen molar-refractivity contribution in [2.24, 2.45) is 5.92 Å². The molecule has 0 radical (unpaired) electrons. The highest BCUT2D eigenvalue weighted by atomic mass is 16.7. The molecule has 2 heterocycles. The minimum absolute atomic E-state index is 0.0889. The molecule has 0 bridgehead atoms. The maximum absolute atomic E-state index is 13.4. The van der Waals surface area contributed by atoms with Gasteiger partial charge in [-0.05, 0) is 34.2 Å². The van der Waals surface area contributed by atoms with Gasteiger partial charge in [-0.3, -0.25) is 9.59 Å². The molecule has 0 saturated carbocycles. The average molecular weight is 888 g/mol. The zero-order valence-corrected chi connectivity index (χ0v) is 37.4. The Labute approximate surface area is 382 Å². The van der Waals surface area contributed by atoms with Gasteiger partial charge in [0, 0.05) is 26.9 Å². The van der Waals surface area contributed by atoms with E-state index >= 15 is 0 Å². The lowest BCUT2D eigenvalue weighted by atomic mass is 9.80. The molecule has 5 aromatic rings. The smallest absolute Gasteiger partial charge is 0.302 e. The van der Waals surface area contributed by atoms with Crippen LogP contribution in [-0.2, 0) is 85.3 Å². The van der Waals surface area contributed by atoms with Gasteiger partial charge in [-0.2, -0.15) is 0 Å². The second-order valence-electron chi connectivity index (χ2n) is 16.5. The molecule has 0 aromatic heterocycles. The Morgan fingerprint density at radius 3 is 1.37 bits per heavy atom. The summed E-state index contributed by atoms with van der Waals surface area (Å²) in [4.78, 5) is 25.8. The molecular formula is C53H61NO11. The predicted molar refractivity (Wildman–Crippen MR) is 243 cm³/mol. The van der Waals surface area contributed by atoms with Crippen LogP contribution in [-0.4, -0.2) is 87.3 Å². The fraction of sp³-hybridized carbons (Fsp3) is 0.396. The van der Waals surface area contributed by atoms with Crippen molar-refractivity contribution in [2.45, 2.75) is 108 Å². The van der Waals surface area contributed by atoms with Crippen molar-refractivity contribution in [3.05, 3.63) is 179 Å². The molecule has 2 aliphatic heterocycles. The summed E-state index contributed by atoms with van der Waals surface area (Å²) in [6, 6.07) is 48.7. The summed E-state index contributed by atoms with van der Waals surface area (Å²) in [6.07, 6.45) is -5.55. The SMILES string of the molecule is CO[C@H]1O[C@H](COC(C)=O)[C@@H](C[C@H]2O[C@H](COCc3ccccc3)[C@H](OCc3ccccc3)[C@H](OCc3ccccc3)[C@H]2NC(C)=O)[C@H](OCc2ccccc2)[C@H]1OCc1ccccc1. The molecule has 2 fully saturated rings. The Kier molecular flexibility index (Phi) is 18.2. The van der Waals surface area contributed by atoms with E-state index in [9.17, 15) is 9.59 Å². The third-order valence-corrected chi connectivity index (χ3v) is 11.7. The van der Waals surface area contributed by atoms with Crippen LogP contribution < -0.4 is 5.32 Å². The quantitative estimate of drug-likeness (QED) is 0.0685. The number of carbonyl (C=O) groups is 2. The van der Waals surface area contributed by atoms with E-state index in [1.807, 2.05) is 152 Å². The summed E-state index contributed by atoms with van der Waals surface area (Å²) in [5.41, 5.74) is 4.85. The molecule has 10 atom stereocenters. The third kappa shape index (κ3) is 14.1. The fourth-order valence-electron chi connectivity index (χ4n) is 8.55. The predicted octanol–water partition coefficient (Wildman–Crippen LogP) is 7.76. The highest BCUT2D eigenvalue weighted by molar-refractivity contribution is 5.73. The first-order valence-corrected chi connectivity index (χ1v) is 22.3. The van der Waals surface area contributed by atoms with Crippen LogP contribution in [0.3, 0.4) is 0 Å². The number of esters is 1. The number of hydrogen-bond donors (Lipinski definition) is 1. The van der Waals surface area contributed by atoms with Crippen LogP contribution in [0.1, 0.15) is 48.1 Å². The Bertz CT molecular complexity index is 2130. The molecule has 2 saturated heterocycles. The summed E-state index contributed by atoms with van der Waals surface area (Å²) < 4.78 is 59.4. The van der Waals surface area contributed by atoms with Crippen LogP contribution in [0.5, 0.6) is 0 Å². The van der Waals surface area contributed by atoms with E-state index in [1.54, 1.807) is 7.11 Å². The van der Waals surface area contributed by atoms with Crippen LogP contribution in [0, 0.1) is 5.92 Å². The summed E-state index contributed by atoms with van der Waals surface area (Å²) >= 11 is 0. The summed E-state index contributed by atoms with van der Waals surface area (Å²) in [5, 5.41) is 3.22. The zero-order chi connectivity index (χ0) is 45.2. The van der Waals surface area contributed by atoms with Crippen molar-refractivity contribution >= 4 is 11.9 Å². The Hall–Kier alpha value is -5.28. The van der Waals surface area contributed by atoms with Gasteiger partial charge in [0.05, 0.1) is 57.9 Å². The highest BCUT2D eigenvalue weighted by Gasteiger charge is 2.53. The monoisotopic (exact) mass is 887 g/mol. The minimum atomic E-state index is -0.883. The molecule has 5 aromatic carbocycles. The molecular weight excluding hydrogens is 827 g/mol. The third-order valence-electron chi connectivity index (χ3n) is 11.7. The number of methoxy groups -OCH3 is 1. The van der Waals surface area contributed by atoms with Crippen molar-refractivity contribution in [1.82, 2.24) is 5.32 Å². The fourth-order valence-corrected chi connectivity index (χ4v) is 8.55. The van der Waals surface area contributed by atoms with Crippen LogP contribution in [0.15, 0.2) is 152 Å². The highest BCUT2D eigenvalue weighted by Crippen LogP contribution is 2.39. The van der Waals surface area contributed by atoms with Gasteiger partial charge in [0.1, 0.15) is 37.1 Å². The van der Waals surface area contributed by atoms with Gasteiger partial charge in [-0.1, -0.05) is 152 Å². The molecule has 0 aliphatic carbocycles. The Morgan fingerprint density at radius 2 is 0.923 bits per heavy atom. The minimum Gasteiger partial charge on any atom is -0.463 e. The summed E-state index contributed by atoms with van der Waals surface area (Å²) in [7, 11) is 1.56. The molecule has 1 N–H and O–H groups in total. The maximum Gasteiger partial charge on any atom is 0.302 e. The van der Waals surface area contributed by atoms with Crippen LogP contribution in [0.4, 0.5) is 0 Å². The van der Waals surface area contributed by atoms with Gasteiger partial charge in [-0.15, -0.1) is 0 Å². The normalized spacial score (nSPS) is 25.4. The van der Waals surface area contributed by atoms with E-state index in [0.717, 1.165) is 27.8 Å². The summed E-state index contributed by atoms with van der Waals surface area (Å²) in [5.74, 6) is -1.26. The molecule has 12 nitrogen and oxygen atoms in total. The van der Waals surface area contributed by atoms with E-state index < -0.39 is 66.9 Å². The summed E-state index contributed by atoms with van der Waals surface area (Å²) in [6.45, 7) is 4.27. The maximum atomic E-state index is 13.4. The van der Waals surface area contributed by atoms with Crippen molar-refractivity contribution in [3.8, 4) is 0 Å². The number of ether oxygens (including phenoxy) is 9. The Balaban J connectivity index is 1.27. The zero-order valence-electron chi connectivity index (χ0n) is 37.4. The lowest BCUT2D eigenvalue weighted by Crippen LogP contribution is -2.67. The van der Waals surface area contributed by atoms with Crippen molar-refractivity contribution in [2.75, 3.05) is 20.3 Å². The van der Waals surface area contributed by atoms with Gasteiger partial charge in [0.25, 0.3) is 0 Å². The van der Waals surface area contributed by atoms with Gasteiger partial charge in [0.15, 0.2) is 6.29 Å². The van der Waals surface area contributed by atoms with Crippen molar-refractivity contribution in [3.63, 3.8) is 0 Å². The number of carbonyl (C=O) groups excluding carboxylic acids is 2. The molecule has 12 heteroatoms. The number of hydrogen-bond acceptors (Lipinski definition) is 11. The molecule has 2 aliphatic rings. The first kappa shape index (κ1) is 47.7. The lowest BCUT2D eigenvalue weighted by molar-refractivity contribution is -0.310. The largest absolute Gasteiger partial charge is 0.463 e. The van der Waals surface area contributed by atoms with Gasteiger partial charge < -0.3 is 47.9 Å². The second-order valence-corrected chi connectivity index (χ2v) is 16.5. The molecule has 344 valence electrons. The number of amides is 1. The number of nitrogens with one attached hydrogen (secondary N) is 1. The number of benzene rings is 5. The molecule has 7 rings (SSSR count). The van der Waals surface area contributed by atoms with E-state index in [2.05, 4.69) is 5.32 Å². The van der Waals surface area contributed by atoms with E-state index in [1.165, 1.54) is 13.8 Å². The van der Waals surface area contributed by atoms with Gasteiger partial charge >= 0.3 is 5.97 Å². The van der Waals surface area contributed by atoms with Crippen LogP contribution in [0.2, 0.25) is 0 Å². The first-order chi connectivity index (χ1) is 31.8. The van der Waals surface area contributed by atoms with Gasteiger partial charge in [0.2, 0.25) is 5.91 Å². The lowest BCUT2D eigenvalue weighted by Gasteiger charge is -2.50. The van der Waals surface area contributed by atoms with E-state index in [4.69, 9.17) is 42.6 Å². The van der Waals surface area contributed by atoms with Gasteiger partial charge in [-0.25, -0.2) is 0 Å². The first-order valence-electron chi connectivity index (χ1n) is 22.3. The average Bonchev–Trinajstić information content (AvgIpc) is 3.33. The Morgan fingerprint density at radius 1 is 0.492 bits per heavy atom. The van der Waals surface area contributed by atoms with E-state index in [-0.39, 0.29) is 52.0 Å². The van der Waals surface area contributed by atoms with Crippen LogP contribution >= 0.6 is 0 Å². The second kappa shape index (κ2) is 24.9.